The predicted octanol–water partition coefficient (Wildman–Crippen LogP) is 4.92. The summed E-state index contributed by atoms with van der Waals surface area (Å²) in [6, 6.07) is 0. The second-order valence-electron chi connectivity index (χ2n) is 11.0. The molecule has 4 rings (SSSR count). The van der Waals surface area contributed by atoms with Crippen LogP contribution in [0.15, 0.2) is 23.1 Å². The van der Waals surface area contributed by atoms with Crippen LogP contribution in [0.25, 0.3) is 0 Å². The summed E-state index contributed by atoms with van der Waals surface area (Å²) in [6.07, 6.45) is 5.00. The molecule has 2 aliphatic carbocycles. The molecule has 0 atom stereocenters. The van der Waals surface area contributed by atoms with E-state index in [1.54, 1.807) is 0 Å². The fourth-order valence-corrected chi connectivity index (χ4v) is 3.93. The minimum atomic E-state index is -0.308. The highest BCUT2D eigenvalue weighted by atomic mass is 16.7. The van der Waals surface area contributed by atoms with Crippen molar-refractivity contribution in [3.05, 3.63) is 23.1 Å². The summed E-state index contributed by atoms with van der Waals surface area (Å²) in [7, 11) is -0.581. The van der Waals surface area contributed by atoms with Crippen molar-refractivity contribution in [3.8, 4) is 0 Å². The average Bonchev–Trinajstić information content (AvgIpc) is 3.41. The molecule has 2 aliphatic heterocycles. The maximum Gasteiger partial charge on any atom is 0.487 e. The van der Waals surface area contributed by atoms with Crippen LogP contribution in [-0.4, -0.2) is 36.6 Å². The third-order valence-electron chi connectivity index (χ3n) is 7.54. The lowest BCUT2D eigenvalue weighted by Gasteiger charge is -2.32. The van der Waals surface area contributed by atoms with Gasteiger partial charge in [-0.15, -0.1) is 0 Å². The summed E-state index contributed by atoms with van der Waals surface area (Å²) in [5.74, 6) is 5.72. The van der Waals surface area contributed by atoms with E-state index in [2.05, 4.69) is 67.3 Å². The molecule has 28 heavy (non-hydrogen) atoms. The molecule has 0 unspecified atom stereocenters. The molecule has 0 bridgehead atoms. The van der Waals surface area contributed by atoms with Crippen molar-refractivity contribution in [2.24, 2.45) is 11.8 Å². The summed E-state index contributed by atoms with van der Waals surface area (Å²) in [5, 5.41) is 0. The Balaban J connectivity index is 1.61. The molecular formula is C22H36B2O4. The van der Waals surface area contributed by atoms with Crippen molar-refractivity contribution in [3.63, 3.8) is 0 Å². The highest BCUT2D eigenvalue weighted by Gasteiger charge is 2.52. The Labute approximate surface area is 171 Å². The first kappa shape index (κ1) is 20.7. The Bertz CT molecular complexity index is 607. The molecule has 0 radical (unpaired) electrons. The van der Waals surface area contributed by atoms with Gasteiger partial charge in [0.1, 0.15) is 0 Å². The molecule has 0 amide bonds. The van der Waals surface area contributed by atoms with Gasteiger partial charge >= 0.3 is 14.2 Å². The van der Waals surface area contributed by atoms with E-state index < -0.39 is 0 Å². The summed E-state index contributed by atoms with van der Waals surface area (Å²) >= 11 is 0. The van der Waals surface area contributed by atoms with Gasteiger partial charge in [0.25, 0.3) is 0 Å². The van der Waals surface area contributed by atoms with E-state index in [-0.39, 0.29) is 36.6 Å². The van der Waals surface area contributed by atoms with Crippen LogP contribution in [0, 0.1) is 11.8 Å². The first-order valence-corrected chi connectivity index (χ1v) is 11.0. The SMILES string of the molecule is CC1(C)OB(/C=C(/C(=C/B2OC(C)(C)C(C)(C)O2)C2CC2)C2CC2)OC1(C)C. The lowest BCUT2D eigenvalue weighted by Crippen LogP contribution is -2.41. The van der Waals surface area contributed by atoms with Crippen LogP contribution in [0.2, 0.25) is 0 Å². The van der Waals surface area contributed by atoms with Crippen LogP contribution < -0.4 is 0 Å². The lowest BCUT2D eigenvalue weighted by atomic mass is 9.77. The summed E-state index contributed by atoms with van der Waals surface area (Å²) in [6.45, 7) is 16.9. The Morgan fingerprint density at radius 2 is 0.821 bits per heavy atom. The predicted molar refractivity (Wildman–Crippen MR) is 114 cm³/mol. The second kappa shape index (κ2) is 6.47. The van der Waals surface area contributed by atoms with E-state index >= 15 is 0 Å². The highest BCUT2D eigenvalue weighted by Crippen LogP contribution is 2.50. The van der Waals surface area contributed by atoms with E-state index in [0.717, 1.165) is 0 Å². The number of rotatable bonds is 5. The Hall–Kier alpha value is -0.550. The zero-order valence-electron chi connectivity index (χ0n) is 18.9. The summed E-state index contributed by atoms with van der Waals surface area (Å²) in [4.78, 5) is 0. The average molecular weight is 386 g/mol. The van der Waals surface area contributed by atoms with Crippen molar-refractivity contribution in [1.82, 2.24) is 0 Å². The number of hydrogen-bond acceptors (Lipinski definition) is 4. The van der Waals surface area contributed by atoms with Gasteiger partial charge in [0.2, 0.25) is 0 Å². The molecular weight excluding hydrogens is 350 g/mol. The van der Waals surface area contributed by atoms with Crippen molar-refractivity contribution < 1.29 is 18.6 Å². The molecule has 0 aromatic carbocycles. The minimum Gasteiger partial charge on any atom is -0.400 e. The first-order chi connectivity index (χ1) is 12.8. The van der Waals surface area contributed by atoms with Crippen LogP contribution in [0.3, 0.4) is 0 Å². The van der Waals surface area contributed by atoms with E-state index in [9.17, 15) is 0 Å². The molecule has 0 aromatic rings. The molecule has 2 heterocycles. The van der Waals surface area contributed by atoms with Gasteiger partial charge in [-0.3, -0.25) is 0 Å². The van der Waals surface area contributed by atoms with Gasteiger partial charge in [0.15, 0.2) is 0 Å². The molecule has 154 valence electrons. The van der Waals surface area contributed by atoms with Gasteiger partial charge in [-0.1, -0.05) is 12.0 Å². The molecule has 4 aliphatic rings. The van der Waals surface area contributed by atoms with Crippen molar-refractivity contribution >= 4 is 14.2 Å². The number of allylic oxidation sites excluding steroid dienone is 2. The topological polar surface area (TPSA) is 36.9 Å². The van der Waals surface area contributed by atoms with Crippen LogP contribution in [0.4, 0.5) is 0 Å². The van der Waals surface area contributed by atoms with Gasteiger partial charge in [0.05, 0.1) is 22.4 Å². The quantitative estimate of drug-likeness (QED) is 0.497. The summed E-state index contributed by atoms with van der Waals surface area (Å²) in [5.41, 5.74) is 1.57. The molecule has 6 heteroatoms. The summed E-state index contributed by atoms with van der Waals surface area (Å²) < 4.78 is 25.1. The van der Waals surface area contributed by atoms with E-state index in [1.807, 2.05) is 0 Å². The Morgan fingerprint density at radius 3 is 1.04 bits per heavy atom. The third-order valence-corrected chi connectivity index (χ3v) is 7.54. The zero-order valence-corrected chi connectivity index (χ0v) is 18.9. The molecule has 0 spiro atoms. The van der Waals surface area contributed by atoms with E-state index in [0.29, 0.717) is 11.8 Å². The Kier molecular flexibility index (Phi) is 4.79. The van der Waals surface area contributed by atoms with Crippen LogP contribution in [-0.2, 0) is 18.6 Å². The molecule has 2 saturated carbocycles. The lowest BCUT2D eigenvalue weighted by molar-refractivity contribution is 0.00578. The molecule has 2 saturated heterocycles. The standard InChI is InChI=1S/C22H36B2O4/c1-19(2)20(3,4)26-23(25-19)13-17(15-9-10-15)18(16-11-12-16)14-24-27-21(5,6)22(7,8)28-24/h13-16H,9-12H2,1-8H3/b17-13+,18-14+. The Morgan fingerprint density at radius 1 is 0.571 bits per heavy atom. The fourth-order valence-electron chi connectivity index (χ4n) is 3.93. The highest BCUT2D eigenvalue weighted by molar-refractivity contribution is 6.53. The van der Waals surface area contributed by atoms with Crippen molar-refractivity contribution in [1.29, 1.82) is 0 Å². The molecule has 0 N–H and O–H groups in total. The van der Waals surface area contributed by atoms with Crippen LogP contribution in [0.5, 0.6) is 0 Å². The van der Waals surface area contributed by atoms with Gasteiger partial charge in [-0.2, -0.15) is 0 Å². The first-order valence-electron chi connectivity index (χ1n) is 11.0. The number of hydrogen-bond donors (Lipinski definition) is 0. The van der Waals surface area contributed by atoms with Crippen molar-refractivity contribution in [2.45, 2.75) is 103 Å². The maximum atomic E-state index is 6.27. The van der Waals surface area contributed by atoms with Gasteiger partial charge < -0.3 is 18.6 Å². The van der Waals surface area contributed by atoms with Crippen molar-refractivity contribution in [2.75, 3.05) is 0 Å². The maximum absolute atomic E-state index is 6.27. The monoisotopic (exact) mass is 386 g/mol. The van der Waals surface area contributed by atoms with E-state index in [4.69, 9.17) is 18.6 Å². The molecule has 0 aromatic heterocycles. The minimum absolute atomic E-state index is 0.291. The van der Waals surface area contributed by atoms with Crippen LogP contribution in [0.1, 0.15) is 81.1 Å². The molecule has 4 nitrogen and oxygen atoms in total. The van der Waals surface area contributed by atoms with Gasteiger partial charge in [0, 0.05) is 0 Å². The fraction of sp³-hybridized carbons (Fsp3) is 0.818. The van der Waals surface area contributed by atoms with Gasteiger partial charge in [-0.05, 0) is 104 Å². The smallest absolute Gasteiger partial charge is 0.400 e. The second-order valence-corrected chi connectivity index (χ2v) is 11.0. The normalized spacial score (nSPS) is 31.6. The van der Waals surface area contributed by atoms with Gasteiger partial charge in [-0.25, -0.2) is 0 Å². The van der Waals surface area contributed by atoms with Crippen LogP contribution >= 0.6 is 0 Å². The zero-order chi connectivity index (χ0) is 20.5. The third kappa shape index (κ3) is 3.78. The molecule has 4 fully saturated rings. The largest absolute Gasteiger partial charge is 0.487 e. The van der Waals surface area contributed by atoms with E-state index in [1.165, 1.54) is 36.8 Å².